The molecular formula is C11H10ClF3N2. The molecule has 2 nitrogen and oxygen atoms in total. The second-order valence-electron chi connectivity index (χ2n) is 3.94. The highest BCUT2D eigenvalue weighted by molar-refractivity contribution is 6.33. The largest absolute Gasteiger partial charge is 0.418 e. The van der Waals surface area contributed by atoms with Crippen molar-refractivity contribution < 1.29 is 13.2 Å². The molecule has 1 aromatic rings. The fraction of sp³-hybridized carbons (Fsp3) is 0.364. The second kappa shape index (κ2) is 4.22. The number of amidine groups is 1. The predicted octanol–water partition coefficient (Wildman–Crippen LogP) is 3.76. The van der Waals surface area contributed by atoms with E-state index in [0.717, 1.165) is 18.9 Å². The van der Waals surface area contributed by atoms with Crippen LogP contribution in [0.25, 0.3) is 0 Å². The van der Waals surface area contributed by atoms with Gasteiger partial charge in [-0.25, -0.2) is 4.99 Å². The lowest BCUT2D eigenvalue weighted by Gasteiger charge is -2.11. The molecule has 2 N–H and O–H groups in total. The van der Waals surface area contributed by atoms with Gasteiger partial charge in [0, 0.05) is 5.92 Å². The number of rotatable bonds is 2. The fourth-order valence-electron chi connectivity index (χ4n) is 1.46. The Morgan fingerprint density at radius 3 is 2.53 bits per heavy atom. The number of alkyl halides is 3. The average molecular weight is 263 g/mol. The van der Waals surface area contributed by atoms with Crippen LogP contribution in [0.4, 0.5) is 18.9 Å². The third-order valence-corrected chi connectivity index (χ3v) is 2.83. The van der Waals surface area contributed by atoms with Gasteiger partial charge in [0.25, 0.3) is 0 Å². The van der Waals surface area contributed by atoms with E-state index in [9.17, 15) is 13.2 Å². The summed E-state index contributed by atoms with van der Waals surface area (Å²) < 4.78 is 38.2. The SMILES string of the molecule is NC(=Nc1c(Cl)cccc1C(F)(F)F)C1CC1. The van der Waals surface area contributed by atoms with Crippen LogP contribution in [0.15, 0.2) is 23.2 Å². The molecule has 1 aliphatic carbocycles. The van der Waals surface area contributed by atoms with E-state index in [1.807, 2.05) is 0 Å². The van der Waals surface area contributed by atoms with Crippen LogP contribution >= 0.6 is 11.6 Å². The Morgan fingerprint density at radius 1 is 1.35 bits per heavy atom. The molecular weight excluding hydrogens is 253 g/mol. The first-order valence-corrected chi connectivity index (χ1v) is 5.47. The maximum atomic E-state index is 12.7. The zero-order valence-electron chi connectivity index (χ0n) is 8.76. The number of aliphatic imine (C=N–C) groups is 1. The third kappa shape index (κ3) is 2.72. The molecule has 0 radical (unpaired) electrons. The molecule has 0 saturated heterocycles. The molecule has 0 bridgehead atoms. The van der Waals surface area contributed by atoms with Crippen LogP contribution in [-0.4, -0.2) is 5.84 Å². The summed E-state index contributed by atoms with van der Waals surface area (Å²) >= 11 is 5.74. The summed E-state index contributed by atoms with van der Waals surface area (Å²) in [6.45, 7) is 0. The number of halogens is 4. The van der Waals surface area contributed by atoms with E-state index in [0.29, 0.717) is 0 Å². The van der Waals surface area contributed by atoms with Gasteiger partial charge < -0.3 is 5.73 Å². The van der Waals surface area contributed by atoms with E-state index in [2.05, 4.69) is 4.99 Å². The van der Waals surface area contributed by atoms with Crippen LogP contribution in [0.1, 0.15) is 18.4 Å². The highest BCUT2D eigenvalue weighted by atomic mass is 35.5. The lowest BCUT2D eigenvalue weighted by Crippen LogP contribution is -2.14. The van der Waals surface area contributed by atoms with E-state index in [4.69, 9.17) is 17.3 Å². The number of nitrogens with zero attached hydrogens (tertiary/aromatic N) is 1. The van der Waals surface area contributed by atoms with Gasteiger partial charge in [-0.15, -0.1) is 0 Å². The van der Waals surface area contributed by atoms with Gasteiger partial charge >= 0.3 is 6.18 Å². The number of hydrogen-bond donors (Lipinski definition) is 1. The van der Waals surface area contributed by atoms with Gasteiger partial charge in [-0.05, 0) is 25.0 Å². The number of hydrogen-bond acceptors (Lipinski definition) is 1. The van der Waals surface area contributed by atoms with E-state index in [-0.39, 0.29) is 22.5 Å². The molecule has 0 spiro atoms. The Kier molecular flexibility index (Phi) is 3.03. The third-order valence-electron chi connectivity index (χ3n) is 2.53. The first kappa shape index (κ1) is 12.2. The van der Waals surface area contributed by atoms with Gasteiger partial charge in [-0.1, -0.05) is 17.7 Å². The quantitative estimate of drug-likeness (QED) is 0.640. The molecule has 1 aromatic carbocycles. The lowest BCUT2D eigenvalue weighted by molar-refractivity contribution is -0.137. The summed E-state index contributed by atoms with van der Waals surface area (Å²) in [6.07, 6.45) is -2.73. The molecule has 1 saturated carbocycles. The Bertz CT molecular complexity index is 464. The number of para-hydroxylation sites is 1. The average Bonchev–Trinajstić information content (AvgIpc) is 3.02. The summed E-state index contributed by atoms with van der Waals surface area (Å²) in [4.78, 5) is 3.83. The molecule has 2 rings (SSSR count). The molecule has 0 amide bonds. The van der Waals surface area contributed by atoms with Gasteiger partial charge in [-0.2, -0.15) is 13.2 Å². The molecule has 6 heteroatoms. The minimum atomic E-state index is -4.48. The summed E-state index contributed by atoms with van der Waals surface area (Å²) in [5, 5.41) is -0.0385. The van der Waals surface area contributed by atoms with Gasteiger partial charge in [0.2, 0.25) is 0 Å². The predicted molar refractivity (Wildman–Crippen MR) is 60.5 cm³/mol. The van der Waals surface area contributed by atoms with Crippen molar-refractivity contribution in [3.8, 4) is 0 Å². The summed E-state index contributed by atoms with van der Waals surface area (Å²) in [7, 11) is 0. The van der Waals surface area contributed by atoms with E-state index >= 15 is 0 Å². The fourth-order valence-corrected chi connectivity index (χ4v) is 1.67. The van der Waals surface area contributed by atoms with Crippen LogP contribution in [-0.2, 0) is 6.18 Å². The van der Waals surface area contributed by atoms with Crippen LogP contribution in [0.2, 0.25) is 5.02 Å². The molecule has 0 aliphatic heterocycles. The minimum absolute atomic E-state index is 0.0385. The van der Waals surface area contributed by atoms with Crippen LogP contribution < -0.4 is 5.73 Å². The number of nitrogens with two attached hydrogens (primary N) is 1. The summed E-state index contributed by atoms with van der Waals surface area (Å²) in [5.74, 6) is 0.330. The Labute approximate surface area is 101 Å². The topological polar surface area (TPSA) is 38.4 Å². The highest BCUT2D eigenvalue weighted by Crippen LogP contribution is 2.41. The first-order valence-electron chi connectivity index (χ1n) is 5.09. The molecule has 1 fully saturated rings. The van der Waals surface area contributed by atoms with Crippen molar-refractivity contribution in [1.29, 1.82) is 0 Å². The van der Waals surface area contributed by atoms with E-state index < -0.39 is 11.7 Å². The molecule has 0 unspecified atom stereocenters. The summed E-state index contributed by atoms with van der Waals surface area (Å²) in [6, 6.07) is 3.57. The smallest absolute Gasteiger partial charge is 0.387 e. The molecule has 1 aliphatic rings. The molecule has 17 heavy (non-hydrogen) atoms. The highest BCUT2D eigenvalue weighted by Gasteiger charge is 2.35. The lowest BCUT2D eigenvalue weighted by atomic mass is 10.1. The normalized spacial score (nSPS) is 17.3. The zero-order valence-corrected chi connectivity index (χ0v) is 9.52. The van der Waals surface area contributed by atoms with Crippen LogP contribution in [0.3, 0.4) is 0 Å². The Morgan fingerprint density at radius 2 is 2.00 bits per heavy atom. The van der Waals surface area contributed by atoms with Crippen molar-refractivity contribution in [3.63, 3.8) is 0 Å². The van der Waals surface area contributed by atoms with Crippen molar-refractivity contribution in [2.24, 2.45) is 16.6 Å². The second-order valence-corrected chi connectivity index (χ2v) is 4.35. The minimum Gasteiger partial charge on any atom is -0.387 e. The maximum absolute atomic E-state index is 12.7. The van der Waals surface area contributed by atoms with Crippen LogP contribution in [0, 0.1) is 5.92 Å². The van der Waals surface area contributed by atoms with Gasteiger partial charge in [0.1, 0.15) is 5.84 Å². The van der Waals surface area contributed by atoms with Crippen LogP contribution in [0.5, 0.6) is 0 Å². The molecule has 0 heterocycles. The van der Waals surface area contributed by atoms with Gasteiger partial charge in [0.15, 0.2) is 0 Å². The standard InChI is InChI=1S/C11H10ClF3N2/c12-8-3-1-2-7(11(13,14)15)9(8)17-10(16)6-4-5-6/h1-3,6H,4-5H2,(H2,16,17). The monoisotopic (exact) mass is 262 g/mol. The van der Waals surface area contributed by atoms with Crippen molar-refractivity contribution in [2.75, 3.05) is 0 Å². The van der Waals surface area contributed by atoms with E-state index in [1.54, 1.807) is 0 Å². The van der Waals surface area contributed by atoms with Gasteiger partial charge in [0.05, 0.1) is 16.3 Å². The van der Waals surface area contributed by atoms with Crippen molar-refractivity contribution in [2.45, 2.75) is 19.0 Å². The zero-order chi connectivity index (χ0) is 12.6. The molecule has 92 valence electrons. The molecule has 0 aromatic heterocycles. The Balaban J connectivity index is 2.47. The van der Waals surface area contributed by atoms with Crippen molar-refractivity contribution >= 4 is 23.1 Å². The van der Waals surface area contributed by atoms with Gasteiger partial charge in [-0.3, -0.25) is 0 Å². The van der Waals surface area contributed by atoms with Crippen molar-refractivity contribution in [3.05, 3.63) is 28.8 Å². The Hall–Kier alpha value is -1.23. The number of benzene rings is 1. The van der Waals surface area contributed by atoms with E-state index in [1.165, 1.54) is 12.1 Å². The maximum Gasteiger partial charge on any atom is 0.418 e. The molecule has 0 atom stereocenters. The first-order chi connectivity index (χ1) is 7.89. The summed E-state index contributed by atoms with van der Waals surface area (Å²) in [5.41, 5.74) is 4.48. The van der Waals surface area contributed by atoms with Crippen molar-refractivity contribution in [1.82, 2.24) is 0 Å².